The molecule has 0 radical (unpaired) electrons. The topological polar surface area (TPSA) is 44.1 Å². The summed E-state index contributed by atoms with van der Waals surface area (Å²) in [5, 5.41) is 4.11. The van der Waals surface area contributed by atoms with Crippen LogP contribution >= 0.6 is 0 Å². The zero-order chi connectivity index (χ0) is 10.7. The maximum absolute atomic E-state index is 12.1. The first-order valence-corrected chi connectivity index (χ1v) is 5.46. The van der Waals surface area contributed by atoms with Gasteiger partial charge in [0.2, 0.25) is 0 Å². The molecule has 15 heavy (non-hydrogen) atoms. The number of ketones is 1. The van der Waals surface area contributed by atoms with Gasteiger partial charge >= 0.3 is 0 Å². The van der Waals surface area contributed by atoms with Crippen molar-refractivity contribution in [1.29, 1.82) is 0 Å². The van der Waals surface area contributed by atoms with Gasteiger partial charge in [-0.1, -0.05) is 0 Å². The molecule has 1 aromatic rings. The van der Waals surface area contributed by atoms with E-state index in [1.54, 1.807) is 16.9 Å². The number of Topliss-reactive ketones (excluding diaryl/α,β-unsaturated/α-hetero) is 1. The van der Waals surface area contributed by atoms with E-state index >= 15 is 0 Å². The van der Waals surface area contributed by atoms with E-state index in [0.29, 0.717) is 12.3 Å². The highest BCUT2D eigenvalue weighted by Crippen LogP contribution is 2.18. The fourth-order valence-corrected chi connectivity index (χ4v) is 1.95. The highest BCUT2D eigenvalue weighted by molar-refractivity contribution is 5.96. The number of carbonyl (C=O) groups is 1. The molecule has 0 bridgehead atoms. The molecule has 82 valence electrons. The van der Waals surface area contributed by atoms with Gasteiger partial charge in [-0.3, -0.25) is 9.48 Å². The van der Waals surface area contributed by atoms with Crippen LogP contribution in [0.4, 0.5) is 0 Å². The molecule has 2 rings (SSSR count). The lowest BCUT2D eigenvalue weighted by atomic mass is 9.95. The van der Waals surface area contributed by atoms with Crippen molar-refractivity contribution in [2.24, 2.45) is 5.92 Å². The van der Waals surface area contributed by atoms with E-state index in [1.165, 1.54) is 0 Å². The lowest BCUT2D eigenvalue weighted by Gasteiger charge is -2.20. The summed E-state index contributed by atoms with van der Waals surface area (Å²) in [5.41, 5.74) is 0.716. The van der Waals surface area contributed by atoms with Crippen molar-refractivity contribution >= 4 is 5.78 Å². The van der Waals surface area contributed by atoms with Gasteiger partial charge in [0.15, 0.2) is 5.78 Å². The van der Waals surface area contributed by atoms with Crippen molar-refractivity contribution < 1.29 is 9.53 Å². The first kappa shape index (κ1) is 10.4. The van der Waals surface area contributed by atoms with Crippen molar-refractivity contribution in [2.45, 2.75) is 26.3 Å². The number of hydrogen-bond acceptors (Lipinski definition) is 3. The van der Waals surface area contributed by atoms with E-state index in [9.17, 15) is 4.79 Å². The fraction of sp³-hybridized carbons (Fsp3) is 0.636. The van der Waals surface area contributed by atoms with Gasteiger partial charge in [0, 0.05) is 25.3 Å². The fourth-order valence-electron chi connectivity index (χ4n) is 1.95. The zero-order valence-corrected chi connectivity index (χ0v) is 8.98. The van der Waals surface area contributed by atoms with Crippen LogP contribution in [-0.2, 0) is 11.3 Å². The van der Waals surface area contributed by atoms with Crippen molar-refractivity contribution in [1.82, 2.24) is 9.78 Å². The molecule has 0 amide bonds. The van der Waals surface area contributed by atoms with Crippen molar-refractivity contribution in [2.75, 3.05) is 13.2 Å². The Bertz CT molecular complexity index is 340. The van der Waals surface area contributed by atoms with Crippen molar-refractivity contribution in [3.05, 3.63) is 18.0 Å². The largest absolute Gasteiger partial charge is 0.381 e. The van der Waals surface area contributed by atoms with Crippen LogP contribution in [0.1, 0.15) is 30.3 Å². The average molecular weight is 208 g/mol. The predicted molar refractivity (Wildman–Crippen MR) is 55.8 cm³/mol. The molecule has 1 saturated heterocycles. The van der Waals surface area contributed by atoms with E-state index in [0.717, 1.165) is 26.0 Å². The summed E-state index contributed by atoms with van der Waals surface area (Å²) in [6.45, 7) is 4.08. The number of rotatable bonds is 3. The molecule has 4 heteroatoms. The molecule has 0 spiro atoms. The normalized spacial score (nSPS) is 21.5. The third-order valence-corrected chi connectivity index (χ3v) is 2.80. The molecular weight excluding hydrogens is 192 g/mol. The standard InChI is InChI=1S/C11H16N2O2/c1-2-13-10(5-6-12-13)11(14)9-4-3-7-15-8-9/h5-6,9H,2-4,7-8H2,1H3. The lowest BCUT2D eigenvalue weighted by molar-refractivity contribution is 0.0454. The van der Waals surface area contributed by atoms with E-state index in [1.807, 2.05) is 6.92 Å². The highest BCUT2D eigenvalue weighted by Gasteiger charge is 2.25. The minimum Gasteiger partial charge on any atom is -0.381 e. The first-order chi connectivity index (χ1) is 7.33. The minimum atomic E-state index is 0.0285. The number of aryl methyl sites for hydroxylation is 1. The van der Waals surface area contributed by atoms with E-state index in [2.05, 4.69) is 5.10 Å². The Hall–Kier alpha value is -1.16. The van der Waals surface area contributed by atoms with Crippen LogP contribution in [0, 0.1) is 5.92 Å². The Morgan fingerprint density at radius 3 is 3.27 bits per heavy atom. The summed E-state index contributed by atoms with van der Waals surface area (Å²) < 4.78 is 7.07. The van der Waals surface area contributed by atoms with Crippen LogP contribution in [0.15, 0.2) is 12.3 Å². The average Bonchev–Trinajstić information content (AvgIpc) is 2.77. The van der Waals surface area contributed by atoms with Gasteiger partial charge in [0.25, 0.3) is 0 Å². The molecule has 1 aliphatic heterocycles. The second kappa shape index (κ2) is 4.57. The molecule has 0 N–H and O–H groups in total. The Labute approximate surface area is 89.2 Å². The van der Waals surface area contributed by atoms with Crippen LogP contribution < -0.4 is 0 Å². The van der Waals surface area contributed by atoms with Gasteiger partial charge < -0.3 is 4.74 Å². The third kappa shape index (κ3) is 2.09. The first-order valence-electron chi connectivity index (χ1n) is 5.46. The maximum atomic E-state index is 12.1. The number of carbonyl (C=O) groups excluding carboxylic acids is 1. The van der Waals surface area contributed by atoms with Crippen LogP contribution in [0.5, 0.6) is 0 Å². The van der Waals surface area contributed by atoms with Crippen LogP contribution in [0.2, 0.25) is 0 Å². The summed E-state index contributed by atoms with van der Waals surface area (Å²) in [6, 6.07) is 1.79. The Kier molecular flexibility index (Phi) is 3.16. The zero-order valence-electron chi connectivity index (χ0n) is 8.98. The smallest absolute Gasteiger partial charge is 0.186 e. The molecular formula is C11H16N2O2. The Balaban J connectivity index is 2.12. The van der Waals surface area contributed by atoms with Crippen molar-refractivity contribution in [3.8, 4) is 0 Å². The van der Waals surface area contributed by atoms with Crippen LogP contribution in [0.25, 0.3) is 0 Å². The summed E-state index contributed by atoms with van der Waals surface area (Å²) in [4.78, 5) is 12.1. The van der Waals surface area contributed by atoms with Crippen molar-refractivity contribution in [3.63, 3.8) is 0 Å². The van der Waals surface area contributed by atoms with Gasteiger partial charge in [-0.25, -0.2) is 0 Å². The Morgan fingerprint density at radius 2 is 2.60 bits per heavy atom. The van der Waals surface area contributed by atoms with Crippen LogP contribution in [0.3, 0.4) is 0 Å². The molecule has 1 aromatic heterocycles. The highest BCUT2D eigenvalue weighted by atomic mass is 16.5. The number of aromatic nitrogens is 2. The molecule has 0 saturated carbocycles. The molecule has 1 aliphatic rings. The third-order valence-electron chi connectivity index (χ3n) is 2.80. The predicted octanol–water partition coefficient (Wildman–Crippen LogP) is 1.51. The van der Waals surface area contributed by atoms with Gasteiger partial charge in [0.05, 0.1) is 6.61 Å². The van der Waals surface area contributed by atoms with E-state index in [-0.39, 0.29) is 11.7 Å². The second-order valence-electron chi connectivity index (χ2n) is 3.81. The Morgan fingerprint density at radius 1 is 1.73 bits per heavy atom. The number of nitrogens with zero attached hydrogens (tertiary/aromatic N) is 2. The SMILES string of the molecule is CCn1nccc1C(=O)C1CCCOC1. The van der Waals surface area contributed by atoms with E-state index < -0.39 is 0 Å². The summed E-state index contributed by atoms with van der Waals surface area (Å²) >= 11 is 0. The molecule has 2 heterocycles. The van der Waals surface area contributed by atoms with E-state index in [4.69, 9.17) is 4.74 Å². The second-order valence-corrected chi connectivity index (χ2v) is 3.81. The molecule has 1 fully saturated rings. The lowest BCUT2D eigenvalue weighted by Crippen LogP contribution is -2.27. The number of ether oxygens (including phenoxy) is 1. The van der Waals surface area contributed by atoms with Gasteiger partial charge in [-0.2, -0.15) is 5.10 Å². The van der Waals surface area contributed by atoms with Gasteiger partial charge in [-0.05, 0) is 25.8 Å². The number of hydrogen-bond donors (Lipinski definition) is 0. The summed E-state index contributed by atoms with van der Waals surface area (Å²) in [6.07, 6.45) is 3.60. The minimum absolute atomic E-state index is 0.0285. The monoisotopic (exact) mass is 208 g/mol. The van der Waals surface area contributed by atoms with Crippen LogP contribution in [-0.4, -0.2) is 28.8 Å². The van der Waals surface area contributed by atoms with Gasteiger partial charge in [-0.15, -0.1) is 0 Å². The molecule has 0 aliphatic carbocycles. The molecule has 4 nitrogen and oxygen atoms in total. The molecule has 1 unspecified atom stereocenters. The molecule has 0 aromatic carbocycles. The maximum Gasteiger partial charge on any atom is 0.186 e. The summed E-state index contributed by atoms with van der Waals surface area (Å²) in [7, 11) is 0. The quantitative estimate of drug-likeness (QED) is 0.707. The summed E-state index contributed by atoms with van der Waals surface area (Å²) in [5.74, 6) is 0.204. The van der Waals surface area contributed by atoms with Gasteiger partial charge in [0.1, 0.15) is 5.69 Å². The molecule has 1 atom stereocenters.